The van der Waals surface area contributed by atoms with Crippen LogP contribution in [0.3, 0.4) is 0 Å². The molecule has 0 bridgehead atoms. The van der Waals surface area contributed by atoms with Crippen LogP contribution in [0.4, 0.5) is 58.0 Å². The van der Waals surface area contributed by atoms with E-state index in [0.717, 1.165) is 120 Å². The van der Waals surface area contributed by atoms with Crippen LogP contribution in [0.2, 0.25) is 0 Å². The minimum atomic E-state index is -0.688. The molecule has 8 saturated carbocycles. The maximum absolute atomic E-state index is 12.9. The number of ether oxygens (including phenoxy) is 5. The van der Waals surface area contributed by atoms with E-state index < -0.39 is 30.3 Å². The molecule has 8 fully saturated rings. The van der Waals surface area contributed by atoms with Gasteiger partial charge in [0.05, 0.1) is 59.1 Å². The number of aryl methyl sites for hydroxylation is 1. The Bertz CT molecular complexity index is 7050. The van der Waals surface area contributed by atoms with E-state index in [1.165, 1.54) is 64.3 Å². The number of methoxy groups -OCH3 is 1. The summed E-state index contributed by atoms with van der Waals surface area (Å²) in [5.74, 6) is 23.6. The van der Waals surface area contributed by atoms with Crippen molar-refractivity contribution < 1.29 is 47.3 Å². The molecular formula is C90H87FN20O17. The van der Waals surface area contributed by atoms with Gasteiger partial charge in [0.25, 0.3) is 22.2 Å². The number of aromatic amines is 2. The first-order valence-electron chi connectivity index (χ1n) is 42.2. The molecule has 128 heavy (non-hydrogen) atoms. The molecule has 0 spiro atoms. The Morgan fingerprint density at radius 1 is 0.422 bits per heavy atom. The number of halogens is 1. The number of H-pyrrole nitrogens is 2. The molecule has 0 saturated heterocycles. The van der Waals surface area contributed by atoms with Crippen molar-refractivity contribution >= 4 is 92.5 Å². The topological polar surface area (TPSA) is 411 Å². The van der Waals surface area contributed by atoms with E-state index in [2.05, 4.69) is 87.3 Å². The standard InChI is InChI=1S/C24H24N4O5.C24H24N4O4.C21H19FN6O4.C21H20N6O4/c1-26(19-7-3-4-8-20(19)32-2)24(31)33-13-5-6-15-14-18-21(25-15)27(16-9-10-16)23(30)28(22(18)29)17-11-12-17;1-15-6-3-4-8-20(15)26(2)24(31)32-13-5-7-16-14-19-21(25-16)27(17-9-10-17)23(30)28(22(19)29)18-11-12-18;1-26(14-8-9-15(22)23-11-14)21(31)32-10-2-3-16-24-17-18(25-16)27(12-4-5-12)20(30)28(19(17)29)13-6-7-13;1-25(15-4-2-10-22-12-15)21(30)31-11-3-5-16-23-17-18(24-16)26(13-6-7-13)20(29)27(19(17)28)14-8-9-14/h3-4,7-8,16-17H,9-14H2,1-2H3;3-4,6,8,17-18H,9-14H2,1-2H3;8-9,11-13H,4-7,10H2,1H3,(H,24,25);2,4,10,12-14H,6-9,11H2,1H3,(H,23,24). The second kappa shape index (κ2) is 35.8. The molecule has 20 rings (SSSR count). The Hall–Kier alpha value is -15.2. The van der Waals surface area contributed by atoms with E-state index in [-0.39, 0.29) is 149 Å². The first-order valence-corrected chi connectivity index (χ1v) is 42.2. The minimum absolute atomic E-state index is 0.00933. The second-order valence-electron chi connectivity index (χ2n) is 32.5. The van der Waals surface area contributed by atoms with Gasteiger partial charge in [-0.1, -0.05) is 54.0 Å². The first kappa shape index (κ1) is 85.0. The van der Waals surface area contributed by atoms with E-state index in [0.29, 0.717) is 74.7 Å². The predicted molar refractivity (Wildman–Crippen MR) is 468 cm³/mol. The monoisotopic (exact) mass is 1740 g/mol. The molecule has 10 aromatic rings. The van der Waals surface area contributed by atoms with Crippen molar-refractivity contribution in [3.63, 3.8) is 0 Å². The zero-order valence-corrected chi connectivity index (χ0v) is 70.7. The SMILES string of the molecule is CN(C(=O)OCC#Cc1nc2c([nH]1)c(=O)n(C1CC1)c(=O)n2C1CC1)c1ccc(F)nc1.CN(C(=O)OCC#Cc1nc2c([nH]1)c(=O)n(C1CC1)c(=O)n2C1CC1)c1cccnc1.COc1ccccc1N(C)C(=O)OCC#CC1=Nc2c(c(=O)n(C3CC3)c(=O)n2C2CC2)C1.Cc1ccccc1N(C)C(=O)OCC#CC1=Nc2c(c(=O)n(C3CC3)c(=O)n2C2CC2)C1. The minimum Gasteiger partial charge on any atom is -0.495 e. The van der Waals surface area contributed by atoms with Gasteiger partial charge >= 0.3 is 47.1 Å². The Morgan fingerprint density at radius 2 is 0.781 bits per heavy atom. The summed E-state index contributed by atoms with van der Waals surface area (Å²) in [6, 6.07) is 21.0. The van der Waals surface area contributed by atoms with Crippen molar-refractivity contribution in [2.75, 3.05) is 81.3 Å². The van der Waals surface area contributed by atoms with Gasteiger partial charge in [0.15, 0.2) is 60.4 Å². The summed E-state index contributed by atoms with van der Waals surface area (Å²) in [7, 11) is 7.82. The van der Waals surface area contributed by atoms with Gasteiger partial charge in [-0.05, 0) is 181 Å². The van der Waals surface area contributed by atoms with Gasteiger partial charge in [-0.15, -0.1) is 0 Å². The lowest BCUT2D eigenvalue weighted by Gasteiger charge is -2.18. The van der Waals surface area contributed by atoms with E-state index in [4.69, 9.17) is 23.7 Å². The van der Waals surface area contributed by atoms with Crippen LogP contribution >= 0.6 is 0 Å². The van der Waals surface area contributed by atoms with E-state index in [9.17, 15) is 61.9 Å². The lowest BCUT2D eigenvalue weighted by Crippen LogP contribution is -2.40. The van der Waals surface area contributed by atoms with Crippen LogP contribution in [0, 0.1) is 60.2 Å². The lowest BCUT2D eigenvalue weighted by atomic mass is 10.2. The highest BCUT2D eigenvalue weighted by molar-refractivity contribution is 6.07. The molecule has 10 aliphatic rings. The number of anilines is 4. The normalized spacial score (nSPS) is 15.9. The van der Waals surface area contributed by atoms with Gasteiger partial charge in [-0.3, -0.25) is 80.3 Å². The van der Waals surface area contributed by atoms with Crippen LogP contribution in [0.25, 0.3) is 22.3 Å². The number of nitrogens with zero attached hydrogens (tertiary/aromatic N) is 18. The van der Waals surface area contributed by atoms with Gasteiger partial charge < -0.3 is 33.7 Å². The Labute approximate surface area is 727 Å². The molecule has 38 heteroatoms. The van der Waals surface area contributed by atoms with Gasteiger partial charge in [0.1, 0.15) is 17.4 Å². The number of rotatable bonds is 17. The summed E-state index contributed by atoms with van der Waals surface area (Å²) in [6.45, 7) is 1.33. The van der Waals surface area contributed by atoms with Crippen LogP contribution in [-0.2, 0) is 31.8 Å². The number of aliphatic imine (C=N–C) groups is 2. The van der Waals surface area contributed by atoms with E-state index in [1.807, 2.05) is 37.3 Å². The number of hydrogen-bond acceptors (Lipinski definition) is 23. The largest absolute Gasteiger partial charge is 0.495 e. The zero-order chi connectivity index (χ0) is 89.5. The maximum Gasteiger partial charge on any atom is 0.415 e. The first-order chi connectivity index (χ1) is 61.9. The number of amides is 4. The number of imidazole rings is 2. The van der Waals surface area contributed by atoms with Crippen molar-refractivity contribution in [3.8, 4) is 53.1 Å². The molecule has 8 aliphatic carbocycles. The maximum atomic E-state index is 12.9. The molecule has 37 nitrogen and oxygen atoms in total. The van der Waals surface area contributed by atoms with Crippen molar-refractivity contribution in [2.45, 2.75) is 171 Å². The fraction of sp³-hybridized carbons (Fsp3) is 0.400. The summed E-state index contributed by atoms with van der Waals surface area (Å²) in [4.78, 5) is 188. The number of benzene rings is 2. The summed E-state index contributed by atoms with van der Waals surface area (Å²) >= 11 is 0. The molecule has 2 aromatic carbocycles. The number of nitrogens with one attached hydrogen (secondary N) is 2. The van der Waals surface area contributed by atoms with Gasteiger partial charge in [-0.25, -0.2) is 63.3 Å². The molecular weight excluding hydrogens is 1650 g/mol. The molecule has 0 radical (unpaired) electrons. The molecule has 656 valence electrons. The average Bonchev–Trinajstić information content (AvgIpc) is 1.60. The highest BCUT2D eigenvalue weighted by Gasteiger charge is 2.41. The molecule has 2 aliphatic heterocycles. The number of carbonyl (C=O) groups excluding carboxylic acids is 4. The number of para-hydroxylation sites is 3. The summed E-state index contributed by atoms with van der Waals surface area (Å²) in [5, 5.41) is 0. The van der Waals surface area contributed by atoms with Crippen LogP contribution < -0.4 is 69.3 Å². The lowest BCUT2D eigenvalue weighted by molar-refractivity contribution is 0.168. The number of aromatic nitrogens is 14. The number of pyridine rings is 2. The van der Waals surface area contributed by atoms with Crippen LogP contribution in [0.1, 0.15) is 179 Å². The van der Waals surface area contributed by atoms with E-state index in [1.54, 1.807) is 82.1 Å². The molecule has 0 atom stereocenters. The molecule has 8 aromatic heterocycles. The van der Waals surface area contributed by atoms with Gasteiger partial charge in [-0.2, -0.15) is 4.39 Å². The van der Waals surface area contributed by atoms with Crippen molar-refractivity contribution in [2.24, 2.45) is 9.98 Å². The predicted octanol–water partition coefficient (Wildman–Crippen LogP) is 8.78. The summed E-state index contributed by atoms with van der Waals surface area (Å²) < 4.78 is 50.9. The summed E-state index contributed by atoms with van der Waals surface area (Å²) in [6.07, 6.45) is 16.7. The van der Waals surface area contributed by atoms with Crippen LogP contribution in [0.15, 0.2) is 140 Å². The number of fused-ring (bicyclic) bond motifs is 4. The van der Waals surface area contributed by atoms with Gasteiger partial charge in [0.2, 0.25) is 5.95 Å². The Balaban J connectivity index is 0.000000120. The molecule has 0 unspecified atom stereocenters. The Kier molecular flexibility index (Phi) is 23.8. The third kappa shape index (κ3) is 18.2. The summed E-state index contributed by atoms with van der Waals surface area (Å²) in [5.41, 5.74) is 4.24. The quantitative estimate of drug-likeness (QED) is 0.0488. The molecule has 4 amide bonds. The van der Waals surface area contributed by atoms with Crippen molar-refractivity contribution in [1.82, 2.24) is 66.4 Å². The van der Waals surface area contributed by atoms with Crippen molar-refractivity contribution in [1.29, 1.82) is 0 Å². The third-order valence-electron chi connectivity index (χ3n) is 22.9. The van der Waals surface area contributed by atoms with Crippen molar-refractivity contribution in [3.05, 3.63) is 209 Å². The Morgan fingerprint density at radius 3 is 1.17 bits per heavy atom. The fourth-order valence-electron chi connectivity index (χ4n) is 15.0. The van der Waals surface area contributed by atoms with E-state index >= 15 is 0 Å². The second-order valence-corrected chi connectivity index (χ2v) is 32.5. The van der Waals surface area contributed by atoms with Gasteiger partial charge in [0, 0.05) is 101 Å². The number of hydrogen-bond donors (Lipinski definition) is 2. The molecule has 2 N–H and O–H groups in total. The fourth-order valence-corrected chi connectivity index (χ4v) is 15.0. The van der Waals surface area contributed by atoms with Crippen LogP contribution in [-0.4, -0.2) is 164 Å². The highest BCUT2D eigenvalue weighted by Crippen LogP contribution is 2.43. The zero-order valence-electron chi connectivity index (χ0n) is 70.7. The molecule has 10 heterocycles. The third-order valence-corrected chi connectivity index (χ3v) is 22.9. The smallest absolute Gasteiger partial charge is 0.415 e. The van der Waals surface area contributed by atoms with Crippen LogP contribution in [0.5, 0.6) is 5.75 Å². The highest BCUT2D eigenvalue weighted by atomic mass is 19.1. The number of carbonyl (C=O) groups is 4. The average molecular weight is 1740 g/mol.